The first kappa shape index (κ1) is 13.8. The zero-order valence-corrected chi connectivity index (χ0v) is 12.6. The van der Waals surface area contributed by atoms with Gasteiger partial charge >= 0.3 is 13.6 Å². The van der Waals surface area contributed by atoms with Crippen molar-refractivity contribution in [1.29, 1.82) is 0 Å². The summed E-state index contributed by atoms with van der Waals surface area (Å²) in [5.41, 5.74) is 0. The van der Waals surface area contributed by atoms with Gasteiger partial charge in [0, 0.05) is 14.1 Å². The lowest BCUT2D eigenvalue weighted by atomic mass is 10.3. The van der Waals surface area contributed by atoms with Gasteiger partial charge in [0.2, 0.25) is 0 Å². The van der Waals surface area contributed by atoms with Crippen molar-refractivity contribution in [2.75, 3.05) is 14.1 Å². The molecule has 0 radical (unpaired) electrons. The molecule has 3 rings (SSSR count). The summed E-state index contributed by atoms with van der Waals surface area (Å²) in [6.07, 6.45) is 1.48. The molecule has 2 amide bonds. The molecule has 1 aliphatic heterocycles. The highest BCUT2D eigenvalue weighted by Crippen LogP contribution is 2.66. The van der Waals surface area contributed by atoms with E-state index in [4.69, 9.17) is 8.94 Å². The summed E-state index contributed by atoms with van der Waals surface area (Å²) in [6, 6.07) is 11.8. The SMILES string of the molecule is CN1C(=O)N(C)P(=O)(Oc2ccccc2)C1c1ccco1. The maximum atomic E-state index is 13.3. The Bertz CT molecular complexity index is 686. The van der Waals surface area contributed by atoms with Crippen molar-refractivity contribution in [3.05, 3.63) is 54.5 Å². The van der Waals surface area contributed by atoms with Gasteiger partial charge in [0.15, 0.2) is 5.78 Å². The van der Waals surface area contributed by atoms with E-state index in [1.807, 2.05) is 6.07 Å². The highest BCUT2D eigenvalue weighted by atomic mass is 31.2. The molecule has 0 N–H and O–H groups in total. The van der Waals surface area contributed by atoms with Gasteiger partial charge in [0.05, 0.1) is 6.26 Å². The van der Waals surface area contributed by atoms with Crippen LogP contribution in [-0.2, 0) is 4.57 Å². The standard InChI is InChI=1S/C14H15N2O4P/c1-15-13(12-9-6-10-19-12)21(18,16(2)14(15)17)20-11-7-4-3-5-8-11/h3-10,13H,1-2H3. The molecule has 0 bridgehead atoms. The molecule has 6 nitrogen and oxygen atoms in total. The van der Waals surface area contributed by atoms with Crippen LogP contribution in [0.25, 0.3) is 0 Å². The summed E-state index contributed by atoms with van der Waals surface area (Å²) in [5, 5.41) is 0. The molecule has 1 saturated heterocycles. The fraction of sp³-hybridized carbons (Fsp3) is 0.214. The number of furan rings is 1. The van der Waals surface area contributed by atoms with Gasteiger partial charge in [0.25, 0.3) is 0 Å². The van der Waals surface area contributed by atoms with Crippen LogP contribution in [0.2, 0.25) is 0 Å². The first-order valence-corrected chi connectivity index (χ1v) is 8.07. The molecule has 2 atom stereocenters. The first-order chi connectivity index (χ1) is 10.0. The molecule has 21 heavy (non-hydrogen) atoms. The van der Waals surface area contributed by atoms with Gasteiger partial charge in [-0.2, -0.15) is 0 Å². The molecule has 1 aromatic heterocycles. The number of carbonyl (C=O) groups excluding carboxylic acids is 1. The maximum Gasteiger partial charge on any atom is 0.377 e. The normalized spacial score (nSPS) is 25.4. The highest BCUT2D eigenvalue weighted by Gasteiger charge is 2.56. The molecular formula is C14H15N2O4P. The lowest BCUT2D eigenvalue weighted by Crippen LogP contribution is -2.26. The van der Waals surface area contributed by atoms with Crippen molar-refractivity contribution in [3.63, 3.8) is 0 Å². The van der Waals surface area contributed by atoms with Gasteiger partial charge < -0.3 is 13.8 Å². The molecule has 7 heteroatoms. The number of urea groups is 1. The molecule has 1 aliphatic rings. The third-order valence-electron chi connectivity index (χ3n) is 3.45. The van der Waals surface area contributed by atoms with Crippen molar-refractivity contribution < 1.29 is 18.3 Å². The smallest absolute Gasteiger partial charge is 0.377 e. The number of hydrogen-bond donors (Lipinski definition) is 0. The molecule has 0 saturated carbocycles. The van der Waals surface area contributed by atoms with E-state index in [1.54, 1.807) is 43.4 Å². The minimum Gasteiger partial charge on any atom is -0.466 e. The zero-order chi connectivity index (χ0) is 15.0. The summed E-state index contributed by atoms with van der Waals surface area (Å²) in [5.74, 6) is 0.131. The molecule has 0 aliphatic carbocycles. The van der Waals surface area contributed by atoms with Crippen LogP contribution in [0.3, 0.4) is 0 Å². The fourth-order valence-electron chi connectivity index (χ4n) is 2.37. The van der Waals surface area contributed by atoms with Crippen LogP contribution in [0.15, 0.2) is 53.1 Å². The third-order valence-corrected chi connectivity index (χ3v) is 6.15. The van der Waals surface area contributed by atoms with Crippen LogP contribution in [0.1, 0.15) is 11.5 Å². The number of rotatable bonds is 3. The van der Waals surface area contributed by atoms with Gasteiger partial charge in [-0.25, -0.2) is 9.46 Å². The number of amides is 2. The summed E-state index contributed by atoms with van der Waals surface area (Å²) in [6.45, 7) is 0. The van der Waals surface area contributed by atoms with Crippen molar-refractivity contribution in [1.82, 2.24) is 9.57 Å². The summed E-state index contributed by atoms with van der Waals surface area (Å²) in [7, 11) is -0.417. The second-order valence-electron chi connectivity index (χ2n) is 4.77. The third kappa shape index (κ3) is 2.12. The summed E-state index contributed by atoms with van der Waals surface area (Å²) in [4.78, 5) is 13.6. The van der Waals surface area contributed by atoms with Crippen molar-refractivity contribution >= 4 is 13.6 Å². The van der Waals surface area contributed by atoms with Crippen LogP contribution in [-0.4, -0.2) is 29.7 Å². The lowest BCUT2D eigenvalue weighted by Gasteiger charge is -2.24. The largest absolute Gasteiger partial charge is 0.466 e. The fourth-order valence-corrected chi connectivity index (χ4v) is 4.73. The number of nitrogens with zero attached hydrogens (tertiary/aromatic N) is 2. The van der Waals surface area contributed by atoms with Crippen LogP contribution < -0.4 is 4.52 Å². The molecule has 2 aromatic rings. The molecule has 2 heterocycles. The van der Waals surface area contributed by atoms with Gasteiger partial charge in [0.1, 0.15) is 11.5 Å². The molecule has 1 aromatic carbocycles. The Balaban J connectivity index is 2.04. The molecule has 2 unspecified atom stereocenters. The Labute approximate surface area is 122 Å². The number of benzene rings is 1. The minimum absolute atomic E-state index is 0.365. The Morgan fingerprint density at radius 3 is 2.48 bits per heavy atom. The second-order valence-corrected chi connectivity index (χ2v) is 7.17. The van der Waals surface area contributed by atoms with Crippen LogP contribution in [0.5, 0.6) is 5.75 Å². The van der Waals surface area contributed by atoms with Crippen molar-refractivity contribution in [2.45, 2.75) is 5.78 Å². The van der Waals surface area contributed by atoms with Gasteiger partial charge in [-0.05, 0) is 24.3 Å². The Morgan fingerprint density at radius 1 is 1.14 bits per heavy atom. The Kier molecular flexibility index (Phi) is 3.26. The van der Waals surface area contributed by atoms with E-state index < -0.39 is 13.3 Å². The Morgan fingerprint density at radius 2 is 1.86 bits per heavy atom. The number of hydrogen-bond acceptors (Lipinski definition) is 4. The first-order valence-electron chi connectivity index (χ1n) is 6.43. The number of para-hydroxylation sites is 1. The van der Waals surface area contributed by atoms with E-state index in [9.17, 15) is 9.36 Å². The van der Waals surface area contributed by atoms with Gasteiger partial charge in [-0.15, -0.1) is 0 Å². The summed E-state index contributed by atoms with van der Waals surface area (Å²) >= 11 is 0. The topological polar surface area (TPSA) is 63.0 Å². The molecule has 1 fully saturated rings. The second kappa shape index (κ2) is 4.97. The average Bonchev–Trinajstić information content (AvgIpc) is 3.04. The molecular weight excluding hydrogens is 291 g/mol. The Hall–Kier alpha value is -2.20. The summed E-state index contributed by atoms with van der Waals surface area (Å²) < 4.78 is 25.6. The zero-order valence-electron chi connectivity index (χ0n) is 11.7. The minimum atomic E-state index is -3.48. The predicted octanol–water partition coefficient (Wildman–Crippen LogP) is 3.55. The predicted molar refractivity (Wildman–Crippen MR) is 77.0 cm³/mol. The van der Waals surface area contributed by atoms with E-state index in [0.29, 0.717) is 11.5 Å². The lowest BCUT2D eigenvalue weighted by molar-refractivity contribution is 0.199. The van der Waals surface area contributed by atoms with E-state index in [-0.39, 0.29) is 6.03 Å². The van der Waals surface area contributed by atoms with E-state index in [0.717, 1.165) is 4.67 Å². The van der Waals surface area contributed by atoms with Crippen molar-refractivity contribution in [2.24, 2.45) is 0 Å². The van der Waals surface area contributed by atoms with Gasteiger partial charge in [-0.1, -0.05) is 18.2 Å². The van der Waals surface area contributed by atoms with Gasteiger partial charge in [-0.3, -0.25) is 4.57 Å². The molecule has 110 valence electrons. The highest BCUT2D eigenvalue weighted by molar-refractivity contribution is 7.58. The maximum absolute atomic E-state index is 13.3. The molecule has 0 spiro atoms. The van der Waals surface area contributed by atoms with E-state index >= 15 is 0 Å². The van der Waals surface area contributed by atoms with E-state index in [1.165, 1.54) is 18.2 Å². The number of carbonyl (C=O) groups is 1. The van der Waals surface area contributed by atoms with E-state index in [2.05, 4.69) is 0 Å². The van der Waals surface area contributed by atoms with Crippen LogP contribution in [0.4, 0.5) is 4.79 Å². The average molecular weight is 306 g/mol. The van der Waals surface area contributed by atoms with Crippen LogP contribution >= 0.6 is 7.52 Å². The monoisotopic (exact) mass is 306 g/mol. The van der Waals surface area contributed by atoms with Crippen molar-refractivity contribution in [3.8, 4) is 5.75 Å². The van der Waals surface area contributed by atoms with Crippen LogP contribution in [0, 0.1) is 0 Å². The quantitative estimate of drug-likeness (QED) is 0.814.